The summed E-state index contributed by atoms with van der Waals surface area (Å²) in [4.78, 5) is 26.8. The van der Waals surface area contributed by atoms with Gasteiger partial charge in [0.25, 0.3) is 5.91 Å². The number of benzene rings is 2. The molecular formula is C22H27BrN2O3. The van der Waals surface area contributed by atoms with Gasteiger partial charge in [0.1, 0.15) is 11.8 Å². The Morgan fingerprint density at radius 1 is 1.14 bits per heavy atom. The van der Waals surface area contributed by atoms with Crippen LogP contribution in [-0.2, 0) is 16.1 Å². The summed E-state index contributed by atoms with van der Waals surface area (Å²) in [6.45, 7) is 8.28. The summed E-state index contributed by atoms with van der Waals surface area (Å²) in [6.07, 6.45) is 0. The van der Waals surface area contributed by atoms with E-state index in [9.17, 15) is 9.59 Å². The minimum absolute atomic E-state index is 0.128. The summed E-state index contributed by atoms with van der Waals surface area (Å²) in [6, 6.07) is 12.8. The highest BCUT2D eigenvalue weighted by Crippen LogP contribution is 2.26. The first-order chi connectivity index (χ1) is 13.3. The largest absolute Gasteiger partial charge is 0.484 e. The number of carbonyl (C=O) groups is 2. The molecule has 1 N–H and O–H groups in total. The molecule has 0 radical (unpaired) electrons. The van der Waals surface area contributed by atoms with E-state index in [0.717, 1.165) is 21.2 Å². The highest BCUT2D eigenvalue weighted by molar-refractivity contribution is 9.10. The van der Waals surface area contributed by atoms with Gasteiger partial charge in [-0.05, 0) is 56.5 Å². The number of hydrogen-bond donors (Lipinski definition) is 1. The second-order valence-electron chi connectivity index (χ2n) is 6.74. The molecule has 0 aliphatic heterocycles. The van der Waals surface area contributed by atoms with Crippen molar-refractivity contribution in [2.24, 2.45) is 0 Å². The van der Waals surface area contributed by atoms with Crippen molar-refractivity contribution in [3.05, 3.63) is 63.6 Å². The van der Waals surface area contributed by atoms with Gasteiger partial charge in [-0.2, -0.15) is 0 Å². The average Bonchev–Trinajstić information content (AvgIpc) is 2.68. The molecule has 2 amide bonds. The van der Waals surface area contributed by atoms with Gasteiger partial charge in [-0.1, -0.05) is 46.3 Å². The van der Waals surface area contributed by atoms with Crippen molar-refractivity contribution in [1.29, 1.82) is 0 Å². The molecule has 0 heterocycles. The number of aryl methyl sites for hydroxylation is 2. The molecule has 2 aromatic rings. The standard InChI is InChI=1S/C22H27BrN2O3/c1-5-24-22(27)17(4)25(13-18-9-7-6-8-10-18)20(26)14-28-19-11-15(2)21(23)16(3)12-19/h6-12,17H,5,13-14H2,1-4H3,(H,24,27)/t17-/m1/s1. The number of amides is 2. The summed E-state index contributed by atoms with van der Waals surface area (Å²) < 4.78 is 6.78. The minimum atomic E-state index is -0.593. The first kappa shape index (κ1) is 22.0. The second kappa shape index (κ2) is 10.3. The third-order valence-corrected chi connectivity index (χ3v) is 5.74. The maximum absolute atomic E-state index is 12.9. The SMILES string of the molecule is CCNC(=O)[C@@H](C)N(Cc1ccccc1)C(=O)COc1cc(C)c(Br)c(C)c1. The molecule has 0 spiro atoms. The van der Waals surface area contributed by atoms with Crippen molar-refractivity contribution in [3.63, 3.8) is 0 Å². The Morgan fingerprint density at radius 3 is 2.32 bits per heavy atom. The van der Waals surface area contributed by atoms with E-state index in [4.69, 9.17) is 4.74 Å². The first-order valence-corrected chi connectivity index (χ1v) is 10.1. The molecule has 5 nitrogen and oxygen atoms in total. The lowest BCUT2D eigenvalue weighted by Gasteiger charge is -2.28. The molecule has 0 saturated heterocycles. The summed E-state index contributed by atoms with van der Waals surface area (Å²) >= 11 is 3.53. The van der Waals surface area contributed by atoms with Gasteiger partial charge < -0.3 is 15.0 Å². The molecule has 2 aromatic carbocycles. The summed E-state index contributed by atoms with van der Waals surface area (Å²) in [5, 5.41) is 2.78. The molecular weight excluding hydrogens is 420 g/mol. The van der Waals surface area contributed by atoms with Crippen LogP contribution in [0.25, 0.3) is 0 Å². The quantitative estimate of drug-likeness (QED) is 0.666. The zero-order chi connectivity index (χ0) is 20.7. The minimum Gasteiger partial charge on any atom is -0.484 e. The molecule has 0 saturated carbocycles. The fourth-order valence-corrected chi connectivity index (χ4v) is 3.13. The summed E-state index contributed by atoms with van der Waals surface area (Å²) in [7, 11) is 0. The highest BCUT2D eigenvalue weighted by Gasteiger charge is 2.26. The van der Waals surface area contributed by atoms with Crippen molar-refractivity contribution in [2.45, 2.75) is 40.3 Å². The van der Waals surface area contributed by atoms with Crippen LogP contribution in [-0.4, -0.2) is 35.9 Å². The van der Waals surface area contributed by atoms with Gasteiger partial charge in [0.05, 0.1) is 0 Å². The van der Waals surface area contributed by atoms with E-state index in [0.29, 0.717) is 18.8 Å². The lowest BCUT2D eigenvalue weighted by molar-refractivity contribution is -0.142. The van der Waals surface area contributed by atoms with Gasteiger partial charge in [0, 0.05) is 17.6 Å². The Balaban J connectivity index is 2.14. The molecule has 0 aliphatic carbocycles. The van der Waals surface area contributed by atoms with Crippen LogP contribution in [0, 0.1) is 13.8 Å². The maximum Gasteiger partial charge on any atom is 0.261 e. The van der Waals surface area contributed by atoms with E-state index in [1.54, 1.807) is 11.8 Å². The van der Waals surface area contributed by atoms with Crippen LogP contribution in [0.4, 0.5) is 0 Å². The van der Waals surface area contributed by atoms with E-state index >= 15 is 0 Å². The fourth-order valence-electron chi connectivity index (χ4n) is 2.90. The Bertz CT molecular complexity index is 801. The van der Waals surface area contributed by atoms with E-state index in [1.165, 1.54) is 0 Å². The number of likely N-dealkylation sites (N-methyl/N-ethyl adjacent to an activating group) is 1. The highest BCUT2D eigenvalue weighted by atomic mass is 79.9. The van der Waals surface area contributed by atoms with Gasteiger partial charge in [0.2, 0.25) is 5.91 Å². The topological polar surface area (TPSA) is 58.6 Å². The normalized spacial score (nSPS) is 11.6. The van der Waals surface area contributed by atoms with Gasteiger partial charge in [0.15, 0.2) is 6.61 Å². The van der Waals surface area contributed by atoms with Crippen LogP contribution in [0.3, 0.4) is 0 Å². The second-order valence-corrected chi connectivity index (χ2v) is 7.53. The third kappa shape index (κ3) is 5.83. The summed E-state index contributed by atoms with van der Waals surface area (Å²) in [5.74, 6) is 0.222. The van der Waals surface area contributed by atoms with E-state index < -0.39 is 6.04 Å². The smallest absolute Gasteiger partial charge is 0.261 e. The van der Waals surface area contributed by atoms with Gasteiger partial charge in [-0.15, -0.1) is 0 Å². The Morgan fingerprint density at radius 2 is 1.75 bits per heavy atom. The number of carbonyl (C=O) groups excluding carboxylic acids is 2. The molecule has 150 valence electrons. The Kier molecular flexibility index (Phi) is 8.05. The number of nitrogens with one attached hydrogen (secondary N) is 1. The van der Waals surface area contributed by atoms with Crippen LogP contribution in [0.15, 0.2) is 46.9 Å². The van der Waals surface area contributed by atoms with Gasteiger partial charge in [-0.3, -0.25) is 9.59 Å². The van der Waals surface area contributed by atoms with Crippen LogP contribution in [0.5, 0.6) is 5.75 Å². The molecule has 2 rings (SSSR count). The zero-order valence-corrected chi connectivity index (χ0v) is 18.4. The van der Waals surface area contributed by atoms with Gasteiger partial charge >= 0.3 is 0 Å². The number of halogens is 1. The summed E-state index contributed by atoms with van der Waals surface area (Å²) in [5.41, 5.74) is 3.04. The Labute approximate surface area is 175 Å². The van der Waals surface area contributed by atoms with Crippen LogP contribution in [0.1, 0.15) is 30.5 Å². The third-order valence-electron chi connectivity index (χ3n) is 4.49. The van der Waals surface area contributed by atoms with Gasteiger partial charge in [-0.25, -0.2) is 0 Å². The van der Waals surface area contributed by atoms with E-state index in [-0.39, 0.29) is 18.4 Å². The predicted octanol–water partition coefficient (Wildman–Crippen LogP) is 4.00. The maximum atomic E-state index is 12.9. The van der Waals surface area contributed by atoms with Crippen LogP contribution < -0.4 is 10.1 Å². The molecule has 6 heteroatoms. The number of rotatable bonds is 8. The average molecular weight is 447 g/mol. The molecule has 0 bridgehead atoms. The molecule has 0 aromatic heterocycles. The number of hydrogen-bond acceptors (Lipinski definition) is 3. The first-order valence-electron chi connectivity index (χ1n) is 9.34. The molecule has 28 heavy (non-hydrogen) atoms. The monoisotopic (exact) mass is 446 g/mol. The number of ether oxygens (including phenoxy) is 1. The molecule has 0 fully saturated rings. The molecule has 1 atom stereocenters. The molecule has 0 unspecified atom stereocenters. The Hall–Kier alpha value is -2.34. The molecule has 0 aliphatic rings. The van der Waals surface area contributed by atoms with Crippen molar-refractivity contribution < 1.29 is 14.3 Å². The van der Waals surface area contributed by atoms with Crippen molar-refractivity contribution in [2.75, 3.05) is 13.2 Å². The fraction of sp³-hybridized carbons (Fsp3) is 0.364. The van der Waals surface area contributed by atoms with Crippen LogP contribution in [0.2, 0.25) is 0 Å². The number of nitrogens with zero attached hydrogens (tertiary/aromatic N) is 1. The van der Waals surface area contributed by atoms with Crippen molar-refractivity contribution in [1.82, 2.24) is 10.2 Å². The van der Waals surface area contributed by atoms with Crippen LogP contribution >= 0.6 is 15.9 Å². The van der Waals surface area contributed by atoms with E-state index in [2.05, 4.69) is 21.2 Å². The van der Waals surface area contributed by atoms with Crippen molar-refractivity contribution in [3.8, 4) is 5.75 Å². The van der Waals surface area contributed by atoms with E-state index in [1.807, 2.05) is 63.2 Å². The zero-order valence-electron chi connectivity index (χ0n) is 16.8. The van der Waals surface area contributed by atoms with Crippen molar-refractivity contribution >= 4 is 27.7 Å². The predicted molar refractivity (Wildman–Crippen MR) is 114 cm³/mol. The lowest BCUT2D eigenvalue weighted by Crippen LogP contribution is -2.49. The lowest BCUT2D eigenvalue weighted by atomic mass is 10.1.